The van der Waals surface area contributed by atoms with Crippen LogP contribution in [0.5, 0.6) is 0 Å². The Morgan fingerprint density at radius 2 is 1.65 bits per heavy atom. The molecule has 2 aromatic heterocycles. The highest BCUT2D eigenvalue weighted by Crippen LogP contribution is 2.39. The highest BCUT2D eigenvalue weighted by atomic mass is 35.5. The molecule has 3 fully saturated rings. The lowest BCUT2D eigenvalue weighted by Crippen LogP contribution is -2.39. The van der Waals surface area contributed by atoms with Gasteiger partial charge in [0.1, 0.15) is 5.02 Å². The molecule has 3 aromatic rings. The summed E-state index contributed by atoms with van der Waals surface area (Å²) in [4.78, 5) is 48.1. The molecule has 3 atom stereocenters. The second kappa shape index (κ2) is 16.1. The number of ether oxygens (including phenoxy) is 2. The van der Waals surface area contributed by atoms with Crippen molar-refractivity contribution in [3.8, 4) is 0 Å². The molecule has 3 aliphatic rings. The number of carbonyl (C=O) groups is 2. The molecule has 0 saturated carbocycles. The normalized spacial score (nSPS) is 21.3. The zero-order chi connectivity index (χ0) is 38.8. The van der Waals surface area contributed by atoms with Crippen molar-refractivity contribution < 1.29 is 45.4 Å². The van der Waals surface area contributed by atoms with Gasteiger partial charge in [-0.05, 0) is 68.4 Å². The number of benzene rings is 1. The summed E-state index contributed by atoms with van der Waals surface area (Å²) in [5.74, 6) is -0.0471. The lowest BCUT2D eigenvalue weighted by Gasteiger charge is -2.32. The summed E-state index contributed by atoms with van der Waals surface area (Å²) in [5.41, 5.74) is -2.39. The topological polar surface area (TPSA) is 114 Å². The van der Waals surface area contributed by atoms with Gasteiger partial charge >= 0.3 is 24.3 Å². The Kier molecular flexibility index (Phi) is 11.7. The number of aromatic nitrogens is 4. The maximum atomic E-state index is 13.9. The lowest BCUT2D eigenvalue weighted by molar-refractivity contribution is -0.149. The highest BCUT2D eigenvalue weighted by molar-refractivity contribution is 6.32. The van der Waals surface area contributed by atoms with Crippen molar-refractivity contribution in [3.05, 3.63) is 64.1 Å². The largest absolute Gasteiger partial charge is 0.466 e. The number of hydrogen-bond acceptors (Lipinski definition) is 11. The number of cyclic esters (lactones) is 1. The first-order valence-electron chi connectivity index (χ1n) is 17.9. The predicted octanol–water partition coefficient (Wildman–Crippen LogP) is 7.22. The Morgan fingerprint density at radius 3 is 2.24 bits per heavy atom. The van der Waals surface area contributed by atoms with Crippen molar-refractivity contribution in [2.75, 3.05) is 47.5 Å². The molecule has 6 rings (SSSR count). The Hall–Kier alpha value is -4.41. The average Bonchev–Trinajstić information content (AvgIpc) is 3.57. The van der Waals surface area contributed by atoms with E-state index in [1.54, 1.807) is 11.8 Å². The quantitative estimate of drug-likeness (QED) is 0.153. The number of alkyl halides is 6. The molecule has 18 heteroatoms. The van der Waals surface area contributed by atoms with Crippen LogP contribution in [-0.4, -0.2) is 76.8 Å². The summed E-state index contributed by atoms with van der Waals surface area (Å²) in [6.07, 6.45) is -2.60. The van der Waals surface area contributed by atoms with Crippen LogP contribution in [0, 0.1) is 5.92 Å². The van der Waals surface area contributed by atoms with Crippen molar-refractivity contribution in [2.45, 2.75) is 89.3 Å². The van der Waals surface area contributed by atoms with Gasteiger partial charge in [-0.1, -0.05) is 18.5 Å². The van der Waals surface area contributed by atoms with E-state index >= 15 is 0 Å². The molecule has 0 amide bonds. The van der Waals surface area contributed by atoms with Gasteiger partial charge in [-0.3, -0.25) is 9.59 Å². The number of carbonyl (C=O) groups excluding carboxylic acids is 2. The molecule has 3 aliphatic heterocycles. The molecule has 0 bridgehead atoms. The van der Waals surface area contributed by atoms with E-state index in [0.717, 1.165) is 0 Å². The standard InChI is InChI=1S/C36H40ClF6N7O4/c1-3-27-15-28(20-49(27)31-29(37)18-46-34(47-31)48-8-5-22(6-9-48)32(52)53-4-2)50(33-44-16-24(17-45-33)23-7-10-54-30(51)13-23)19-21-11-25(35(38,39)40)14-26(12-21)36(41,42)43/h11-12,14,16-18,22-23,27-28H,3-10,13,15,19-20H2,1-2H3/t23?,27?,28-/m0/s1. The Balaban J connectivity index is 1.31. The predicted molar refractivity (Wildman–Crippen MR) is 186 cm³/mol. The van der Waals surface area contributed by atoms with Crippen molar-refractivity contribution in [2.24, 2.45) is 5.92 Å². The molecule has 0 spiro atoms. The van der Waals surface area contributed by atoms with Gasteiger partial charge in [-0.25, -0.2) is 15.0 Å². The number of nitrogens with zero attached hydrogens (tertiary/aromatic N) is 7. The molecule has 54 heavy (non-hydrogen) atoms. The van der Waals surface area contributed by atoms with Crippen LogP contribution in [0.25, 0.3) is 0 Å². The van der Waals surface area contributed by atoms with Crippen molar-refractivity contribution >= 4 is 41.3 Å². The molecular weight excluding hydrogens is 744 g/mol. The minimum Gasteiger partial charge on any atom is -0.466 e. The third kappa shape index (κ3) is 8.92. The molecule has 11 nitrogen and oxygen atoms in total. The molecule has 3 saturated heterocycles. The van der Waals surface area contributed by atoms with Gasteiger partial charge in [0.05, 0.1) is 48.9 Å². The number of halogens is 7. The van der Waals surface area contributed by atoms with Gasteiger partial charge < -0.3 is 24.2 Å². The second-order valence-electron chi connectivity index (χ2n) is 13.7. The van der Waals surface area contributed by atoms with Gasteiger partial charge in [-0.2, -0.15) is 31.3 Å². The smallest absolute Gasteiger partial charge is 0.416 e. The monoisotopic (exact) mass is 783 g/mol. The first kappa shape index (κ1) is 39.3. The molecule has 0 radical (unpaired) electrons. The third-order valence-electron chi connectivity index (χ3n) is 10.2. The second-order valence-corrected chi connectivity index (χ2v) is 14.1. The van der Waals surface area contributed by atoms with Gasteiger partial charge in [0, 0.05) is 50.5 Å². The van der Waals surface area contributed by atoms with Crippen molar-refractivity contribution in [1.82, 2.24) is 19.9 Å². The fourth-order valence-electron chi connectivity index (χ4n) is 7.36. The summed E-state index contributed by atoms with van der Waals surface area (Å²) in [6, 6.07) is 0.864. The first-order chi connectivity index (χ1) is 25.6. The number of anilines is 3. The maximum absolute atomic E-state index is 13.9. The fourth-order valence-corrected chi connectivity index (χ4v) is 7.56. The Morgan fingerprint density at radius 1 is 0.981 bits per heavy atom. The summed E-state index contributed by atoms with van der Waals surface area (Å²) in [5, 5.41) is 0.269. The van der Waals surface area contributed by atoms with E-state index < -0.39 is 29.5 Å². The molecule has 0 aliphatic carbocycles. The zero-order valence-corrected chi connectivity index (χ0v) is 30.4. The fraction of sp³-hybridized carbons (Fsp3) is 0.556. The summed E-state index contributed by atoms with van der Waals surface area (Å²) < 4.78 is 93.5. The van der Waals surface area contributed by atoms with E-state index in [1.807, 2.05) is 16.7 Å². The molecular formula is C36H40ClF6N7O4. The lowest BCUT2D eigenvalue weighted by atomic mass is 9.94. The SMILES string of the molecule is CCOC(=O)C1CCN(c2ncc(Cl)c(N3C[C@@H](N(Cc4cc(C(F)(F)F)cc(C(F)(F)F)c4)c4ncc(C5CCOC(=O)C5)cn4)CC3CC)n2)CC1. The van der Waals surface area contributed by atoms with E-state index in [9.17, 15) is 35.9 Å². The Labute approximate surface area is 313 Å². The van der Waals surface area contributed by atoms with Crippen LogP contribution in [-0.2, 0) is 38.0 Å². The van der Waals surface area contributed by atoms with Crippen molar-refractivity contribution in [1.29, 1.82) is 0 Å². The van der Waals surface area contributed by atoms with E-state index in [4.69, 9.17) is 26.1 Å². The average molecular weight is 784 g/mol. The number of esters is 2. The van der Waals surface area contributed by atoms with Crippen LogP contribution in [0.4, 0.5) is 44.1 Å². The van der Waals surface area contributed by atoms with Gasteiger partial charge in [0.25, 0.3) is 0 Å². The van der Waals surface area contributed by atoms with Crippen LogP contribution in [0.2, 0.25) is 5.02 Å². The molecule has 292 valence electrons. The number of piperidine rings is 1. The highest BCUT2D eigenvalue weighted by Gasteiger charge is 2.40. The summed E-state index contributed by atoms with van der Waals surface area (Å²) in [6.45, 7) is 5.18. The van der Waals surface area contributed by atoms with Crippen LogP contribution in [0.3, 0.4) is 0 Å². The Bertz CT molecular complexity index is 1780. The van der Waals surface area contributed by atoms with Crippen LogP contribution in [0.15, 0.2) is 36.8 Å². The first-order valence-corrected chi connectivity index (χ1v) is 18.3. The number of hydrogen-bond donors (Lipinski definition) is 0. The van der Waals surface area contributed by atoms with Gasteiger partial charge in [0.15, 0.2) is 5.82 Å². The van der Waals surface area contributed by atoms with Crippen LogP contribution in [0.1, 0.15) is 80.5 Å². The van der Waals surface area contributed by atoms with Crippen LogP contribution >= 0.6 is 11.6 Å². The van der Waals surface area contributed by atoms with Crippen LogP contribution < -0.4 is 14.7 Å². The van der Waals surface area contributed by atoms with E-state index in [1.165, 1.54) is 18.6 Å². The molecule has 5 heterocycles. The van der Waals surface area contributed by atoms with E-state index in [2.05, 4.69) is 15.0 Å². The maximum Gasteiger partial charge on any atom is 0.416 e. The van der Waals surface area contributed by atoms with Crippen molar-refractivity contribution in [3.63, 3.8) is 0 Å². The molecule has 1 aromatic carbocycles. The third-order valence-corrected chi connectivity index (χ3v) is 10.5. The minimum absolute atomic E-state index is 0.101. The van der Waals surface area contributed by atoms with E-state index in [0.29, 0.717) is 81.3 Å². The van der Waals surface area contributed by atoms with E-state index in [-0.39, 0.29) is 78.5 Å². The molecule has 0 N–H and O–H groups in total. The van der Waals surface area contributed by atoms with Gasteiger partial charge in [-0.15, -0.1) is 0 Å². The summed E-state index contributed by atoms with van der Waals surface area (Å²) >= 11 is 6.70. The zero-order valence-electron chi connectivity index (χ0n) is 29.7. The number of rotatable bonds is 10. The summed E-state index contributed by atoms with van der Waals surface area (Å²) in [7, 11) is 0. The minimum atomic E-state index is -5.02. The van der Waals surface area contributed by atoms with Gasteiger partial charge in [0.2, 0.25) is 11.9 Å². The molecule has 2 unspecified atom stereocenters.